The van der Waals surface area contributed by atoms with Crippen LogP contribution < -0.4 is 4.90 Å². The van der Waals surface area contributed by atoms with Crippen molar-refractivity contribution >= 4 is 34.0 Å². The Hall–Kier alpha value is -0.810. The van der Waals surface area contributed by atoms with Crippen LogP contribution in [0.15, 0.2) is 5.38 Å². The van der Waals surface area contributed by atoms with Gasteiger partial charge in [0, 0.05) is 24.4 Å². The summed E-state index contributed by atoms with van der Waals surface area (Å²) in [5.74, 6) is -0.779. The van der Waals surface area contributed by atoms with Crippen molar-refractivity contribution in [3.05, 3.63) is 10.5 Å². The number of hydrogen-bond donors (Lipinski definition) is 1. The van der Waals surface area contributed by atoms with Crippen LogP contribution in [0.25, 0.3) is 0 Å². The average Bonchev–Trinajstić information content (AvgIpc) is 2.49. The first kappa shape index (κ1) is 10.7. The maximum absolute atomic E-state index is 10.7. The highest BCUT2D eigenvalue weighted by Gasteiger charge is 2.35. The smallest absolute Gasteiger partial charge is 0.306 e. The molecule has 2 rings (SSSR count). The second-order valence-electron chi connectivity index (χ2n) is 3.74. The summed E-state index contributed by atoms with van der Waals surface area (Å²) in [5.41, 5.74) is 0. The van der Waals surface area contributed by atoms with E-state index in [-0.39, 0.29) is 11.8 Å². The molecule has 1 saturated heterocycles. The third-order valence-corrected chi connectivity index (χ3v) is 3.97. The molecule has 0 radical (unpaired) electrons. The van der Waals surface area contributed by atoms with Crippen LogP contribution in [0.3, 0.4) is 0 Å². The molecule has 1 unspecified atom stereocenters. The molecule has 2 heterocycles. The van der Waals surface area contributed by atoms with E-state index in [1.165, 1.54) is 11.3 Å². The van der Waals surface area contributed by atoms with Gasteiger partial charge in [-0.3, -0.25) is 4.79 Å². The normalized spacial score (nSPS) is 18.7. The van der Waals surface area contributed by atoms with E-state index in [4.69, 9.17) is 16.7 Å². The summed E-state index contributed by atoms with van der Waals surface area (Å²) in [5, 5.41) is 12.0. The van der Waals surface area contributed by atoms with Gasteiger partial charge in [-0.2, -0.15) is 0 Å². The standard InChI is InChI=1S/C9H11ClN2O2S/c1-5(8(13)14)6-2-12(3-6)9-11-7(10)4-15-9/h4-6H,2-3H2,1H3,(H,13,14). The number of anilines is 1. The SMILES string of the molecule is CC(C(=O)O)C1CN(c2nc(Cl)cs2)C1. The van der Waals surface area contributed by atoms with Gasteiger partial charge in [-0.1, -0.05) is 18.5 Å². The van der Waals surface area contributed by atoms with Crippen molar-refractivity contribution in [1.29, 1.82) is 0 Å². The largest absolute Gasteiger partial charge is 0.481 e. The molecule has 6 heteroatoms. The Labute approximate surface area is 96.5 Å². The van der Waals surface area contributed by atoms with Gasteiger partial charge >= 0.3 is 5.97 Å². The number of nitrogens with zero attached hydrogens (tertiary/aromatic N) is 2. The summed E-state index contributed by atoms with van der Waals surface area (Å²) in [6.45, 7) is 3.27. The van der Waals surface area contributed by atoms with Gasteiger partial charge in [-0.05, 0) is 0 Å². The van der Waals surface area contributed by atoms with E-state index in [0.717, 1.165) is 18.2 Å². The van der Waals surface area contributed by atoms with Gasteiger partial charge in [0.2, 0.25) is 0 Å². The number of hydrogen-bond acceptors (Lipinski definition) is 4. The Kier molecular flexibility index (Phi) is 2.84. The summed E-state index contributed by atoms with van der Waals surface area (Å²) >= 11 is 7.20. The van der Waals surface area contributed by atoms with Gasteiger partial charge < -0.3 is 10.0 Å². The van der Waals surface area contributed by atoms with E-state index in [0.29, 0.717) is 5.15 Å². The van der Waals surface area contributed by atoms with Crippen molar-refractivity contribution in [2.45, 2.75) is 6.92 Å². The molecule has 1 aromatic heterocycles. The fourth-order valence-electron chi connectivity index (χ4n) is 1.58. The molecule has 1 N–H and O–H groups in total. The third-order valence-electron chi connectivity index (χ3n) is 2.74. The zero-order valence-electron chi connectivity index (χ0n) is 8.18. The summed E-state index contributed by atoms with van der Waals surface area (Å²) < 4.78 is 0. The molecule has 1 aliphatic heterocycles. The molecular weight excluding hydrogens is 236 g/mol. The van der Waals surface area contributed by atoms with Crippen LogP contribution in [-0.4, -0.2) is 29.1 Å². The molecule has 1 atom stereocenters. The predicted octanol–water partition coefficient (Wildman–Crippen LogP) is 1.95. The summed E-state index contributed by atoms with van der Waals surface area (Å²) in [6.07, 6.45) is 0. The van der Waals surface area contributed by atoms with Gasteiger partial charge in [-0.25, -0.2) is 4.98 Å². The van der Waals surface area contributed by atoms with Gasteiger partial charge in [0.1, 0.15) is 5.15 Å². The second kappa shape index (κ2) is 3.98. The van der Waals surface area contributed by atoms with E-state index >= 15 is 0 Å². The van der Waals surface area contributed by atoms with Crippen molar-refractivity contribution < 1.29 is 9.90 Å². The molecule has 4 nitrogen and oxygen atoms in total. The zero-order valence-corrected chi connectivity index (χ0v) is 9.75. The van der Waals surface area contributed by atoms with Gasteiger partial charge in [0.15, 0.2) is 5.13 Å². The highest BCUT2D eigenvalue weighted by atomic mass is 35.5. The number of thiazole rings is 1. The Morgan fingerprint density at radius 1 is 1.80 bits per heavy atom. The lowest BCUT2D eigenvalue weighted by Gasteiger charge is -2.41. The lowest BCUT2D eigenvalue weighted by atomic mass is 9.87. The van der Waals surface area contributed by atoms with Crippen molar-refractivity contribution in [3.63, 3.8) is 0 Å². The highest BCUT2D eigenvalue weighted by Crippen LogP contribution is 2.32. The Morgan fingerprint density at radius 2 is 2.47 bits per heavy atom. The van der Waals surface area contributed by atoms with Crippen LogP contribution in [-0.2, 0) is 4.79 Å². The van der Waals surface area contributed by atoms with Gasteiger partial charge in [-0.15, -0.1) is 11.3 Å². The van der Waals surface area contributed by atoms with Crippen LogP contribution in [0, 0.1) is 11.8 Å². The Balaban J connectivity index is 1.91. The quantitative estimate of drug-likeness (QED) is 0.886. The molecule has 0 spiro atoms. The molecule has 1 fully saturated rings. The zero-order chi connectivity index (χ0) is 11.0. The van der Waals surface area contributed by atoms with Gasteiger partial charge in [0.05, 0.1) is 5.92 Å². The molecule has 15 heavy (non-hydrogen) atoms. The van der Waals surface area contributed by atoms with Crippen molar-refractivity contribution in [2.24, 2.45) is 11.8 Å². The predicted molar refractivity (Wildman–Crippen MR) is 59.6 cm³/mol. The molecule has 0 aromatic carbocycles. The second-order valence-corrected chi connectivity index (χ2v) is 4.97. The molecule has 1 aromatic rings. The minimum atomic E-state index is -0.725. The monoisotopic (exact) mass is 246 g/mol. The van der Waals surface area contributed by atoms with Crippen LogP contribution in [0.1, 0.15) is 6.92 Å². The fourth-order valence-corrected chi connectivity index (χ4v) is 2.55. The van der Waals surface area contributed by atoms with E-state index in [2.05, 4.69) is 9.88 Å². The number of carboxylic acid groups (broad SMARTS) is 1. The number of halogens is 1. The Bertz CT molecular complexity index is 376. The number of carboxylic acids is 1. The minimum Gasteiger partial charge on any atom is -0.481 e. The minimum absolute atomic E-state index is 0.227. The first-order valence-corrected chi connectivity index (χ1v) is 5.92. The summed E-state index contributed by atoms with van der Waals surface area (Å²) in [7, 11) is 0. The van der Waals surface area contributed by atoms with E-state index in [1.54, 1.807) is 12.3 Å². The lowest BCUT2D eigenvalue weighted by Crippen LogP contribution is -2.51. The molecule has 1 aliphatic rings. The first-order chi connectivity index (χ1) is 7.08. The van der Waals surface area contributed by atoms with Crippen molar-refractivity contribution in [1.82, 2.24) is 4.98 Å². The number of aliphatic carboxylic acids is 1. The molecule has 0 amide bonds. The van der Waals surface area contributed by atoms with Crippen LogP contribution in [0.2, 0.25) is 5.15 Å². The summed E-state index contributed by atoms with van der Waals surface area (Å²) in [4.78, 5) is 16.9. The maximum Gasteiger partial charge on any atom is 0.306 e. The van der Waals surface area contributed by atoms with Crippen LogP contribution in [0.5, 0.6) is 0 Å². The Morgan fingerprint density at radius 3 is 2.93 bits per heavy atom. The van der Waals surface area contributed by atoms with Crippen LogP contribution >= 0.6 is 22.9 Å². The van der Waals surface area contributed by atoms with E-state index < -0.39 is 5.97 Å². The number of carbonyl (C=O) groups is 1. The topological polar surface area (TPSA) is 53.4 Å². The molecule has 82 valence electrons. The van der Waals surface area contributed by atoms with Crippen molar-refractivity contribution in [2.75, 3.05) is 18.0 Å². The highest BCUT2D eigenvalue weighted by molar-refractivity contribution is 7.14. The first-order valence-electron chi connectivity index (χ1n) is 4.66. The van der Waals surface area contributed by atoms with E-state index in [9.17, 15) is 4.79 Å². The maximum atomic E-state index is 10.7. The van der Waals surface area contributed by atoms with Crippen LogP contribution in [0.4, 0.5) is 5.13 Å². The average molecular weight is 247 g/mol. The molecule has 0 aliphatic carbocycles. The number of rotatable bonds is 3. The molecule has 0 bridgehead atoms. The molecular formula is C9H11ClN2O2S. The molecule has 0 saturated carbocycles. The fraction of sp³-hybridized carbons (Fsp3) is 0.556. The van der Waals surface area contributed by atoms with E-state index in [1.807, 2.05) is 0 Å². The van der Waals surface area contributed by atoms with Gasteiger partial charge in [0.25, 0.3) is 0 Å². The number of aromatic nitrogens is 1. The lowest BCUT2D eigenvalue weighted by molar-refractivity contribution is -0.143. The summed E-state index contributed by atoms with van der Waals surface area (Å²) in [6, 6.07) is 0. The third kappa shape index (κ3) is 2.08. The van der Waals surface area contributed by atoms with Crippen molar-refractivity contribution in [3.8, 4) is 0 Å².